The fourth-order valence-electron chi connectivity index (χ4n) is 2.63. The summed E-state index contributed by atoms with van der Waals surface area (Å²) < 4.78 is 39.7. The summed E-state index contributed by atoms with van der Waals surface area (Å²) >= 11 is 0. The van der Waals surface area contributed by atoms with Gasteiger partial charge in [-0.2, -0.15) is 0 Å². The van der Waals surface area contributed by atoms with E-state index in [4.69, 9.17) is 19.1 Å². The molecule has 0 amide bonds. The molecule has 0 unspecified atom stereocenters. The third-order valence-corrected chi connectivity index (χ3v) is 4.70. The quantitative estimate of drug-likeness (QED) is 0.705. The molecule has 0 bridgehead atoms. The highest BCUT2D eigenvalue weighted by molar-refractivity contribution is 7.89. The van der Waals surface area contributed by atoms with Crippen LogP contribution in [0.5, 0.6) is 11.5 Å². The van der Waals surface area contributed by atoms with Crippen molar-refractivity contribution >= 4 is 21.0 Å². The van der Waals surface area contributed by atoms with Gasteiger partial charge in [-0.1, -0.05) is 11.2 Å². The van der Waals surface area contributed by atoms with E-state index in [2.05, 4.69) is 5.16 Å². The molecular weight excluding hydrogens is 348 g/mol. The number of rotatable bonds is 5. The molecule has 8 nitrogen and oxygen atoms in total. The van der Waals surface area contributed by atoms with Crippen LogP contribution < -0.4 is 14.6 Å². The summed E-state index contributed by atoms with van der Waals surface area (Å²) in [5.74, 6) is 0.369. The number of aliphatic hydroxyl groups excluding tert-OH is 1. The van der Waals surface area contributed by atoms with E-state index in [1.807, 2.05) is 0 Å². The lowest BCUT2D eigenvalue weighted by Gasteiger charge is -2.14. The smallest absolute Gasteiger partial charge is 0.241 e. The predicted molar refractivity (Wildman–Crippen MR) is 89.8 cm³/mol. The fourth-order valence-corrected chi connectivity index (χ4v) is 3.33. The minimum absolute atomic E-state index is 0.0169. The monoisotopic (exact) mass is 364 g/mol. The average Bonchev–Trinajstić information content (AvgIpc) is 3.01. The molecule has 2 aromatic carbocycles. The maximum Gasteiger partial charge on any atom is 0.241 e. The lowest BCUT2D eigenvalue weighted by Crippen LogP contribution is -2.14. The molecule has 0 saturated heterocycles. The van der Waals surface area contributed by atoms with Crippen LogP contribution in [-0.4, -0.2) is 32.9 Å². The zero-order chi connectivity index (χ0) is 18.2. The van der Waals surface area contributed by atoms with Crippen LogP contribution in [0.15, 0.2) is 39.8 Å². The molecule has 1 aromatic heterocycles. The van der Waals surface area contributed by atoms with Crippen LogP contribution in [-0.2, 0) is 16.6 Å². The second kappa shape index (κ2) is 6.36. The molecule has 0 atom stereocenters. The van der Waals surface area contributed by atoms with Crippen molar-refractivity contribution in [3.8, 4) is 22.8 Å². The summed E-state index contributed by atoms with van der Waals surface area (Å²) in [6.07, 6.45) is 0. The molecule has 3 N–H and O–H groups in total. The molecule has 0 aliphatic heterocycles. The molecule has 0 fully saturated rings. The summed E-state index contributed by atoms with van der Waals surface area (Å²) in [6.45, 7) is -0.139. The second-order valence-corrected chi connectivity index (χ2v) is 6.77. The van der Waals surface area contributed by atoms with E-state index in [0.717, 1.165) is 0 Å². The van der Waals surface area contributed by atoms with E-state index in [1.165, 1.54) is 26.4 Å². The van der Waals surface area contributed by atoms with Crippen molar-refractivity contribution in [1.82, 2.24) is 5.16 Å². The number of ether oxygens (including phenoxy) is 2. The van der Waals surface area contributed by atoms with Gasteiger partial charge in [-0.15, -0.1) is 0 Å². The van der Waals surface area contributed by atoms with Crippen molar-refractivity contribution in [3.63, 3.8) is 0 Å². The van der Waals surface area contributed by atoms with Gasteiger partial charge in [0.1, 0.15) is 16.3 Å². The first kappa shape index (κ1) is 17.2. The van der Waals surface area contributed by atoms with Gasteiger partial charge >= 0.3 is 0 Å². The number of benzene rings is 2. The number of nitrogens with two attached hydrogens (primary N) is 1. The number of aromatic nitrogens is 1. The second-order valence-electron chi connectivity index (χ2n) is 5.24. The van der Waals surface area contributed by atoms with Crippen LogP contribution in [0.25, 0.3) is 22.2 Å². The van der Waals surface area contributed by atoms with E-state index in [-0.39, 0.29) is 17.3 Å². The fraction of sp³-hybridized carbons (Fsp3) is 0.188. The van der Waals surface area contributed by atoms with Crippen molar-refractivity contribution in [3.05, 3.63) is 35.9 Å². The average molecular weight is 364 g/mol. The topological polar surface area (TPSA) is 125 Å². The predicted octanol–water partition coefficient (Wildman–Crippen LogP) is 1.65. The lowest BCUT2D eigenvalue weighted by atomic mass is 10.0. The maximum atomic E-state index is 11.9. The number of primary sulfonamides is 1. The highest BCUT2D eigenvalue weighted by Gasteiger charge is 2.26. The Balaban J connectivity index is 2.36. The molecule has 0 aliphatic carbocycles. The van der Waals surface area contributed by atoms with E-state index in [0.29, 0.717) is 33.5 Å². The number of nitrogens with zero attached hydrogens (tertiary/aromatic N) is 1. The Morgan fingerprint density at radius 3 is 2.56 bits per heavy atom. The van der Waals surface area contributed by atoms with Crippen LogP contribution >= 0.6 is 0 Å². The molecule has 3 aromatic rings. The molecule has 9 heteroatoms. The summed E-state index contributed by atoms with van der Waals surface area (Å²) in [4.78, 5) is -0.186. The molecule has 0 saturated carbocycles. The molecule has 0 aliphatic rings. The molecule has 0 spiro atoms. The van der Waals surface area contributed by atoms with Crippen molar-refractivity contribution in [2.45, 2.75) is 11.5 Å². The van der Waals surface area contributed by atoms with Gasteiger partial charge < -0.3 is 19.1 Å². The lowest BCUT2D eigenvalue weighted by molar-refractivity contribution is 0.281. The Labute approximate surface area is 143 Å². The van der Waals surface area contributed by atoms with E-state index < -0.39 is 10.0 Å². The molecule has 25 heavy (non-hydrogen) atoms. The summed E-state index contributed by atoms with van der Waals surface area (Å²) in [5, 5.41) is 19.1. The van der Waals surface area contributed by atoms with E-state index in [1.54, 1.807) is 18.2 Å². The maximum absolute atomic E-state index is 11.9. The zero-order valence-corrected chi connectivity index (χ0v) is 14.3. The zero-order valence-electron chi connectivity index (χ0n) is 13.5. The van der Waals surface area contributed by atoms with Gasteiger partial charge in [0, 0.05) is 0 Å². The number of sulfonamides is 1. The number of hydrogen-bond acceptors (Lipinski definition) is 7. The van der Waals surface area contributed by atoms with Crippen molar-refractivity contribution in [2.24, 2.45) is 5.14 Å². The molecule has 132 valence electrons. The third kappa shape index (κ3) is 2.93. The number of methoxy groups -OCH3 is 2. The SMILES string of the molecule is COc1ccc(S(N)(=O)=O)c(OC)c1-c1noc2cc(CO)ccc12. The van der Waals surface area contributed by atoms with Gasteiger partial charge in [-0.25, -0.2) is 13.6 Å². The van der Waals surface area contributed by atoms with Crippen molar-refractivity contribution < 1.29 is 27.5 Å². The van der Waals surface area contributed by atoms with Gasteiger partial charge in [0.15, 0.2) is 11.3 Å². The van der Waals surface area contributed by atoms with Crippen molar-refractivity contribution in [1.29, 1.82) is 0 Å². The van der Waals surface area contributed by atoms with Crippen LogP contribution in [0, 0.1) is 0 Å². The largest absolute Gasteiger partial charge is 0.496 e. The number of hydrogen-bond donors (Lipinski definition) is 2. The Hall–Kier alpha value is -2.62. The van der Waals surface area contributed by atoms with Gasteiger partial charge in [0.2, 0.25) is 10.0 Å². The van der Waals surface area contributed by atoms with Gasteiger partial charge in [0.05, 0.1) is 31.8 Å². The van der Waals surface area contributed by atoms with Crippen molar-refractivity contribution in [2.75, 3.05) is 14.2 Å². The molecular formula is C16H16N2O6S. The third-order valence-electron chi connectivity index (χ3n) is 3.77. The first-order valence-electron chi connectivity index (χ1n) is 7.18. The first-order chi connectivity index (χ1) is 11.9. The number of fused-ring (bicyclic) bond motifs is 1. The Morgan fingerprint density at radius 1 is 1.20 bits per heavy atom. The van der Waals surface area contributed by atoms with E-state index in [9.17, 15) is 13.5 Å². The Morgan fingerprint density at radius 2 is 1.96 bits per heavy atom. The molecule has 3 rings (SSSR count). The van der Waals surface area contributed by atoms with E-state index >= 15 is 0 Å². The van der Waals surface area contributed by atoms with Crippen LogP contribution in [0.4, 0.5) is 0 Å². The summed E-state index contributed by atoms with van der Waals surface area (Å²) in [7, 11) is -1.24. The summed E-state index contributed by atoms with van der Waals surface area (Å²) in [5.41, 5.74) is 1.75. The Kier molecular flexibility index (Phi) is 4.38. The van der Waals surface area contributed by atoms with Gasteiger partial charge in [-0.05, 0) is 29.8 Å². The van der Waals surface area contributed by atoms with Crippen LogP contribution in [0.1, 0.15) is 5.56 Å². The summed E-state index contributed by atoms with van der Waals surface area (Å²) in [6, 6.07) is 7.86. The molecule has 0 radical (unpaired) electrons. The van der Waals surface area contributed by atoms with Crippen LogP contribution in [0.3, 0.4) is 0 Å². The molecule has 1 heterocycles. The minimum atomic E-state index is -4.02. The highest BCUT2D eigenvalue weighted by atomic mass is 32.2. The standard InChI is InChI=1S/C16H16N2O6S/c1-22-11-5-6-13(25(17,20)21)16(23-2)14(11)15-10-4-3-9(8-19)7-12(10)24-18-15/h3-7,19H,8H2,1-2H3,(H2,17,20,21). The Bertz CT molecular complexity index is 1040. The first-order valence-corrected chi connectivity index (χ1v) is 8.72. The number of aliphatic hydroxyl groups is 1. The normalized spacial score (nSPS) is 11.7. The van der Waals surface area contributed by atoms with Gasteiger partial charge in [0.25, 0.3) is 0 Å². The van der Waals surface area contributed by atoms with Gasteiger partial charge in [-0.3, -0.25) is 0 Å². The van der Waals surface area contributed by atoms with Crippen LogP contribution in [0.2, 0.25) is 0 Å². The highest BCUT2D eigenvalue weighted by Crippen LogP contribution is 2.44. The minimum Gasteiger partial charge on any atom is -0.496 e.